The number of nitrogens with one attached hydrogen (secondary N) is 1. The molecule has 0 spiro atoms. The summed E-state index contributed by atoms with van der Waals surface area (Å²) in [5.74, 6) is -0.397. The summed E-state index contributed by atoms with van der Waals surface area (Å²) in [6.45, 7) is 0.315. The number of carbonyl (C=O) groups excluding carboxylic acids is 1. The maximum atomic E-state index is 13.1. The number of benzene rings is 2. The summed E-state index contributed by atoms with van der Waals surface area (Å²) in [6, 6.07) is 11.8. The van der Waals surface area contributed by atoms with Crippen LogP contribution in [-0.2, 0) is 14.8 Å². The van der Waals surface area contributed by atoms with Crippen molar-refractivity contribution in [1.82, 2.24) is 19.2 Å². The number of hydrogen-bond donors (Lipinski definition) is 1. The van der Waals surface area contributed by atoms with E-state index < -0.39 is 22.0 Å². The molecular formula is C17H17N5O3S. The van der Waals surface area contributed by atoms with Gasteiger partial charge in [-0.1, -0.05) is 30.3 Å². The Bertz CT molecular complexity index is 1050. The molecule has 1 fully saturated rings. The van der Waals surface area contributed by atoms with E-state index in [2.05, 4.69) is 15.6 Å². The third-order valence-electron chi connectivity index (χ3n) is 4.49. The van der Waals surface area contributed by atoms with Gasteiger partial charge in [-0.05, 0) is 35.7 Å². The first kappa shape index (κ1) is 16.7. The van der Waals surface area contributed by atoms with Gasteiger partial charge in [-0.3, -0.25) is 10.2 Å². The molecule has 8 nitrogen and oxygen atoms in total. The zero-order valence-corrected chi connectivity index (χ0v) is 14.6. The van der Waals surface area contributed by atoms with Crippen LogP contribution in [0.3, 0.4) is 0 Å². The Morgan fingerprint density at radius 3 is 2.58 bits per heavy atom. The molecule has 4 rings (SSSR count). The smallest absolute Gasteiger partial charge is 0.257 e. The highest BCUT2D eigenvalue weighted by atomic mass is 32.2. The third-order valence-corrected chi connectivity index (χ3v) is 6.40. The Hall–Kier alpha value is -2.78. The summed E-state index contributed by atoms with van der Waals surface area (Å²) in [7, 11) is -3.77. The van der Waals surface area contributed by atoms with Gasteiger partial charge in [0.2, 0.25) is 10.0 Å². The first-order valence-corrected chi connectivity index (χ1v) is 9.66. The van der Waals surface area contributed by atoms with E-state index in [-0.39, 0.29) is 4.90 Å². The lowest BCUT2D eigenvalue weighted by Gasteiger charge is -2.23. The van der Waals surface area contributed by atoms with Crippen molar-refractivity contribution in [2.24, 2.45) is 0 Å². The highest BCUT2D eigenvalue weighted by molar-refractivity contribution is 7.89. The molecule has 0 unspecified atom stereocenters. The van der Waals surface area contributed by atoms with Crippen LogP contribution in [0.5, 0.6) is 0 Å². The van der Waals surface area contributed by atoms with E-state index in [0.29, 0.717) is 19.4 Å². The molecule has 1 aliphatic rings. The van der Waals surface area contributed by atoms with Gasteiger partial charge in [0.15, 0.2) is 0 Å². The Balaban J connectivity index is 1.63. The minimum atomic E-state index is -3.77. The predicted octanol–water partition coefficient (Wildman–Crippen LogP) is 1.35. The topological polar surface area (TPSA) is 97.2 Å². The summed E-state index contributed by atoms with van der Waals surface area (Å²) in [5, 5.41) is 9.04. The maximum Gasteiger partial charge on any atom is 0.257 e. The van der Waals surface area contributed by atoms with Crippen molar-refractivity contribution < 1.29 is 13.2 Å². The van der Waals surface area contributed by atoms with Gasteiger partial charge in [-0.2, -0.15) is 4.31 Å². The first-order chi connectivity index (χ1) is 12.6. The van der Waals surface area contributed by atoms with Crippen molar-refractivity contribution in [1.29, 1.82) is 0 Å². The van der Waals surface area contributed by atoms with E-state index in [4.69, 9.17) is 0 Å². The van der Waals surface area contributed by atoms with Gasteiger partial charge in [-0.15, -0.1) is 10.2 Å². The third kappa shape index (κ3) is 2.95. The van der Waals surface area contributed by atoms with Crippen molar-refractivity contribution in [2.75, 3.05) is 12.0 Å². The van der Waals surface area contributed by atoms with E-state index >= 15 is 0 Å². The normalized spacial score (nSPS) is 18.2. The van der Waals surface area contributed by atoms with Crippen molar-refractivity contribution in [2.45, 2.75) is 23.8 Å². The first-order valence-electron chi connectivity index (χ1n) is 8.22. The Morgan fingerprint density at radius 2 is 1.81 bits per heavy atom. The van der Waals surface area contributed by atoms with Gasteiger partial charge in [0, 0.05) is 6.54 Å². The van der Waals surface area contributed by atoms with Crippen LogP contribution in [0.2, 0.25) is 0 Å². The second-order valence-electron chi connectivity index (χ2n) is 6.13. The molecule has 1 amide bonds. The van der Waals surface area contributed by atoms with Crippen molar-refractivity contribution in [3.05, 3.63) is 55.1 Å². The SMILES string of the molecule is O=C(Nn1cnnc1)[C@@H]1CCCN1S(=O)(=O)c1ccc2ccccc2c1. The van der Waals surface area contributed by atoms with Crippen LogP contribution in [0.4, 0.5) is 0 Å². The van der Waals surface area contributed by atoms with E-state index in [0.717, 1.165) is 10.8 Å². The van der Waals surface area contributed by atoms with Crippen LogP contribution in [0.25, 0.3) is 10.8 Å². The highest BCUT2D eigenvalue weighted by Crippen LogP contribution is 2.28. The van der Waals surface area contributed by atoms with E-state index in [9.17, 15) is 13.2 Å². The summed E-state index contributed by atoms with van der Waals surface area (Å²) in [6.07, 6.45) is 3.79. The lowest BCUT2D eigenvalue weighted by molar-refractivity contribution is -0.120. The minimum Gasteiger partial charge on any atom is -0.271 e. The summed E-state index contributed by atoms with van der Waals surface area (Å²) in [5.41, 5.74) is 2.59. The largest absolute Gasteiger partial charge is 0.271 e. The maximum absolute atomic E-state index is 13.1. The molecule has 3 aromatic rings. The number of aromatic nitrogens is 3. The van der Waals surface area contributed by atoms with Crippen molar-refractivity contribution in [3.63, 3.8) is 0 Å². The Labute approximate surface area is 150 Å². The zero-order valence-electron chi connectivity index (χ0n) is 13.8. The van der Waals surface area contributed by atoms with Crippen molar-refractivity contribution in [3.8, 4) is 0 Å². The molecule has 2 heterocycles. The molecule has 1 N–H and O–H groups in total. The molecule has 0 radical (unpaired) electrons. The monoisotopic (exact) mass is 371 g/mol. The van der Waals surface area contributed by atoms with E-state index in [1.807, 2.05) is 24.3 Å². The zero-order chi connectivity index (χ0) is 18.1. The fourth-order valence-corrected chi connectivity index (χ4v) is 4.91. The highest BCUT2D eigenvalue weighted by Gasteiger charge is 2.39. The number of nitrogens with zero attached hydrogens (tertiary/aromatic N) is 4. The molecule has 1 aliphatic heterocycles. The number of sulfonamides is 1. The molecule has 134 valence electrons. The van der Waals surface area contributed by atoms with Crippen LogP contribution < -0.4 is 5.43 Å². The predicted molar refractivity (Wildman–Crippen MR) is 95.3 cm³/mol. The number of hydrogen-bond acceptors (Lipinski definition) is 5. The second-order valence-corrected chi connectivity index (χ2v) is 8.02. The number of rotatable bonds is 4. The Kier molecular flexibility index (Phi) is 4.17. The number of fused-ring (bicyclic) bond motifs is 1. The molecule has 1 atom stereocenters. The Morgan fingerprint density at radius 1 is 1.08 bits per heavy atom. The molecule has 9 heteroatoms. The number of amides is 1. The van der Waals surface area contributed by atoms with Gasteiger partial charge < -0.3 is 0 Å². The van der Waals surface area contributed by atoms with Gasteiger partial charge in [-0.25, -0.2) is 13.1 Å². The average Bonchev–Trinajstić information content (AvgIpc) is 3.33. The molecule has 0 aliphatic carbocycles. The summed E-state index contributed by atoms with van der Waals surface area (Å²) < 4.78 is 28.8. The molecule has 0 bridgehead atoms. The molecular weight excluding hydrogens is 354 g/mol. The summed E-state index contributed by atoms with van der Waals surface area (Å²) in [4.78, 5) is 12.7. The van der Waals surface area contributed by atoms with Gasteiger partial charge in [0.05, 0.1) is 4.90 Å². The lowest BCUT2D eigenvalue weighted by atomic mass is 10.1. The van der Waals surface area contributed by atoms with Gasteiger partial charge in [0.1, 0.15) is 18.7 Å². The quantitative estimate of drug-likeness (QED) is 0.747. The fourth-order valence-electron chi connectivity index (χ4n) is 3.21. The second kappa shape index (κ2) is 6.50. The van der Waals surface area contributed by atoms with Crippen LogP contribution >= 0.6 is 0 Å². The molecule has 1 aromatic heterocycles. The van der Waals surface area contributed by atoms with Crippen molar-refractivity contribution >= 4 is 26.7 Å². The van der Waals surface area contributed by atoms with Gasteiger partial charge >= 0.3 is 0 Å². The van der Waals surface area contributed by atoms with Crippen LogP contribution in [-0.4, -0.2) is 46.1 Å². The molecule has 1 saturated heterocycles. The minimum absolute atomic E-state index is 0.195. The lowest BCUT2D eigenvalue weighted by Crippen LogP contribution is -2.44. The number of carbonyl (C=O) groups is 1. The average molecular weight is 371 g/mol. The van der Waals surface area contributed by atoms with Gasteiger partial charge in [0.25, 0.3) is 5.91 Å². The molecule has 2 aromatic carbocycles. The molecule has 26 heavy (non-hydrogen) atoms. The van der Waals surface area contributed by atoms with Crippen LogP contribution in [0, 0.1) is 0 Å². The standard InChI is InChI=1S/C17H17N5O3S/c23-17(20-21-11-18-19-12-21)16-6-3-9-22(16)26(24,25)15-8-7-13-4-1-2-5-14(13)10-15/h1-2,4-5,7-8,10-12,16H,3,6,9H2,(H,20,23)/t16-/m0/s1. The van der Waals surface area contributed by atoms with E-state index in [1.165, 1.54) is 21.6 Å². The fraction of sp³-hybridized carbons (Fsp3) is 0.235. The summed E-state index contributed by atoms with van der Waals surface area (Å²) >= 11 is 0. The van der Waals surface area contributed by atoms with Crippen LogP contribution in [0.1, 0.15) is 12.8 Å². The molecule has 0 saturated carbocycles. The van der Waals surface area contributed by atoms with Crippen LogP contribution in [0.15, 0.2) is 60.0 Å². The van der Waals surface area contributed by atoms with E-state index in [1.54, 1.807) is 18.2 Å².